The third-order valence-corrected chi connectivity index (χ3v) is 2.93. The maximum atomic E-state index is 11.1. The minimum absolute atomic E-state index is 0.144. The van der Waals surface area contributed by atoms with E-state index in [-0.39, 0.29) is 12.1 Å². The lowest BCUT2D eigenvalue weighted by molar-refractivity contribution is -0.147. The second-order valence-electron chi connectivity index (χ2n) is 4.34. The van der Waals surface area contributed by atoms with Crippen LogP contribution in [-0.4, -0.2) is 11.0 Å². The van der Waals surface area contributed by atoms with Gasteiger partial charge in [0.25, 0.3) is 0 Å². The van der Waals surface area contributed by atoms with Crippen molar-refractivity contribution in [1.82, 2.24) is 4.98 Å². The number of hydrogen-bond acceptors (Lipinski definition) is 3. The average Bonchev–Trinajstić information content (AvgIpc) is 2.41. The highest BCUT2D eigenvalue weighted by molar-refractivity contribution is 5.66. The number of aryl methyl sites for hydroxylation is 2. The number of aromatic nitrogens is 1. The minimum atomic E-state index is -0.221. The molecule has 86 valence electrons. The number of nitrogens with zero attached hydrogens (tertiary/aromatic N) is 1. The third-order valence-electron chi connectivity index (χ3n) is 2.93. The zero-order chi connectivity index (χ0) is 11.5. The Morgan fingerprint density at radius 3 is 3.00 bits per heavy atom. The summed E-state index contributed by atoms with van der Waals surface area (Å²) in [5.74, 6) is -0.221. The summed E-state index contributed by atoms with van der Waals surface area (Å²) in [5, 5.41) is 0. The Labute approximate surface area is 95.8 Å². The molecule has 1 aromatic rings. The quantitative estimate of drug-likeness (QED) is 0.538. The molecule has 1 unspecified atom stereocenters. The van der Waals surface area contributed by atoms with E-state index >= 15 is 0 Å². The number of hydrogen-bond donors (Lipinski definition) is 0. The van der Waals surface area contributed by atoms with E-state index in [9.17, 15) is 4.79 Å². The van der Waals surface area contributed by atoms with Crippen LogP contribution in [0.1, 0.15) is 49.2 Å². The number of carbonyl (C=O) groups is 1. The molecular formula is C13H17NO2. The number of pyridine rings is 1. The molecule has 3 heteroatoms. The van der Waals surface area contributed by atoms with Crippen molar-refractivity contribution in [3.63, 3.8) is 0 Å². The van der Waals surface area contributed by atoms with Crippen molar-refractivity contribution in [3.8, 4) is 0 Å². The predicted octanol–water partition coefficient (Wildman–Crippen LogP) is 2.72. The summed E-state index contributed by atoms with van der Waals surface area (Å²) in [7, 11) is 0. The molecule has 0 aromatic carbocycles. The molecule has 1 aromatic heterocycles. The first kappa shape index (κ1) is 11.1. The molecule has 1 heterocycles. The van der Waals surface area contributed by atoms with Crippen molar-refractivity contribution in [2.75, 3.05) is 0 Å². The minimum Gasteiger partial charge on any atom is -0.456 e. The lowest BCUT2D eigenvalue weighted by atomic mass is 10.1. The largest absolute Gasteiger partial charge is 0.456 e. The van der Waals surface area contributed by atoms with Crippen LogP contribution in [0.15, 0.2) is 12.1 Å². The van der Waals surface area contributed by atoms with Crippen LogP contribution in [-0.2, 0) is 16.0 Å². The summed E-state index contributed by atoms with van der Waals surface area (Å²) in [4.78, 5) is 15.6. The Hall–Kier alpha value is -1.38. The Morgan fingerprint density at radius 2 is 2.25 bits per heavy atom. The Bertz CT molecular complexity index is 401. The summed E-state index contributed by atoms with van der Waals surface area (Å²) in [6.07, 6.45) is 4.03. The van der Waals surface area contributed by atoms with Gasteiger partial charge in [0.15, 0.2) is 0 Å². The van der Waals surface area contributed by atoms with Gasteiger partial charge in [-0.25, -0.2) is 0 Å². The van der Waals surface area contributed by atoms with Gasteiger partial charge in [-0.2, -0.15) is 0 Å². The molecule has 0 saturated carbocycles. The van der Waals surface area contributed by atoms with E-state index in [0.29, 0.717) is 0 Å². The lowest BCUT2D eigenvalue weighted by Crippen LogP contribution is -2.11. The van der Waals surface area contributed by atoms with Crippen LogP contribution in [0.3, 0.4) is 0 Å². The Balaban J connectivity index is 2.34. The van der Waals surface area contributed by atoms with Crippen molar-refractivity contribution in [2.24, 2.45) is 0 Å². The van der Waals surface area contributed by atoms with Crippen molar-refractivity contribution >= 4 is 5.97 Å². The molecule has 0 spiro atoms. The molecule has 0 aliphatic heterocycles. The summed E-state index contributed by atoms with van der Waals surface area (Å²) in [6.45, 7) is 3.43. The van der Waals surface area contributed by atoms with E-state index in [1.807, 2.05) is 13.0 Å². The molecule has 1 aliphatic carbocycles. The van der Waals surface area contributed by atoms with Crippen molar-refractivity contribution in [3.05, 3.63) is 29.1 Å². The summed E-state index contributed by atoms with van der Waals surface area (Å²) in [5.41, 5.74) is 3.18. The van der Waals surface area contributed by atoms with Crippen molar-refractivity contribution in [2.45, 2.75) is 45.6 Å². The van der Waals surface area contributed by atoms with E-state index in [1.54, 1.807) is 0 Å². The summed E-state index contributed by atoms with van der Waals surface area (Å²) in [6, 6.07) is 4.13. The second kappa shape index (κ2) is 4.64. The summed E-state index contributed by atoms with van der Waals surface area (Å²) >= 11 is 0. The van der Waals surface area contributed by atoms with Crippen molar-refractivity contribution < 1.29 is 9.53 Å². The van der Waals surface area contributed by atoms with Crippen LogP contribution in [0.5, 0.6) is 0 Å². The topological polar surface area (TPSA) is 39.2 Å². The van der Waals surface area contributed by atoms with Crippen LogP contribution >= 0.6 is 0 Å². The first-order valence-corrected chi connectivity index (χ1v) is 5.80. The normalized spacial score (nSPS) is 19.8. The predicted molar refractivity (Wildman–Crippen MR) is 61.0 cm³/mol. The zero-order valence-corrected chi connectivity index (χ0v) is 9.82. The number of esters is 1. The fourth-order valence-corrected chi connectivity index (χ4v) is 2.19. The van der Waals surface area contributed by atoms with E-state index in [0.717, 1.165) is 37.1 Å². The molecule has 3 nitrogen and oxygen atoms in total. The first-order chi connectivity index (χ1) is 7.66. The van der Waals surface area contributed by atoms with Crippen molar-refractivity contribution in [1.29, 1.82) is 0 Å². The molecule has 2 rings (SSSR count). The smallest absolute Gasteiger partial charge is 0.303 e. The third kappa shape index (κ3) is 2.40. The second-order valence-corrected chi connectivity index (χ2v) is 4.34. The van der Waals surface area contributed by atoms with Crippen LogP contribution in [0, 0.1) is 6.92 Å². The molecule has 0 amide bonds. The van der Waals surface area contributed by atoms with Gasteiger partial charge in [0.1, 0.15) is 6.10 Å². The molecule has 0 bridgehead atoms. The van der Waals surface area contributed by atoms with Crippen LogP contribution in [0.4, 0.5) is 0 Å². The van der Waals surface area contributed by atoms with Gasteiger partial charge in [-0.15, -0.1) is 0 Å². The van der Waals surface area contributed by atoms with Gasteiger partial charge in [0.2, 0.25) is 0 Å². The highest BCUT2D eigenvalue weighted by Crippen LogP contribution is 2.30. The van der Waals surface area contributed by atoms with E-state index in [1.165, 1.54) is 12.5 Å². The molecule has 0 saturated heterocycles. The van der Waals surface area contributed by atoms with Gasteiger partial charge in [0.05, 0.1) is 5.69 Å². The molecule has 1 aliphatic rings. The summed E-state index contributed by atoms with van der Waals surface area (Å²) < 4.78 is 5.35. The lowest BCUT2D eigenvalue weighted by Gasteiger charge is -2.16. The van der Waals surface area contributed by atoms with Gasteiger partial charge in [-0.1, -0.05) is 6.07 Å². The van der Waals surface area contributed by atoms with Crippen LogP contribution < -0.4 is 0 Å². The number of fused-ring (bicyclic) bond motifs is 1. The monoisotopic (exact) mass is 219 g/mol. The van der Waals surface area contributed by atoms with Gasteiger partial charge in [-0.3, -0.25) is 9.78 Å². The molecule has 0 N–H and O–H groups in total. The van der Waals surface area contributed by atoms with Crippen LogP contribution in [0.2, 0.25) is 0 Å². The molecular weight excluding hydrogens is 202 g/mol. The highest BCUT2D eigenvalue weighted by Gasteiger charge is 2.22. The highest BCUT2D eigenvalue weighted by atomic mass is 16.5. The first-order valence-electron chi connectivity index (χ1n) is 5.80. The number of ether oxygens (including phenoxy) is 1. The fourth-order valence-electron chi connectivity index (χ4n) is 2.19. The van der Waals surface area contributed by atoms with Gasteiger partial charge < -0.3 is 4.74 Å². The average molecular weight is 219 g/mol. The molecule has 0 radical (unpaired) electrons. The van der Waals surface area contributed by atoms with Crippen LogP contribution in [0.25, 0.3) is 0 Å². The van der Waals surface area contributed by atoms with E-state index < -0.39 is 0 Å². The standard InChI is InChI=1S/C13H17NO2/c1-9-7-8-11-5-3-4-6-12(13(11)14-9)16-10(2)15/h7-8,12H,3-6H2,1-2H3. The SMILES string of the molecule is CC(=O)OC1CCCCc2ccc(C)nc21. The van der Waals surface area contributed by atoms with E-state index in [4.69, 9.17) is 4.74 Å². The maximum Gasteiger partial charge on any atom is 0.303 e. The Morgan fingerprint density at radius 1 is 1.44 bits per heavy atom. The van der Waals surface area contributed by atoms with Gasteiger partial charge in [-0.05, 0) is 44.2 Å². The molecule has 1 atom stereocenters. The molecule has 16 heavy (non-hydrogen) atoms. The number of rotatable bonds is 1. The van der Waals surface area contributed by atoms with Gasteiger partial charge in [0, 0.05) is 12.6 Å². The number of carbonyl (C=O) groups excluding carboxylic acids is 1. The van der Waals surface area contributed by atoms with Gasteiger partial charge >= 0.3 is 5.97 Å². The fraction of sp³-hybridized carbons (Fsp3) is 0.538. The zero-order valence-electron chi connectivity index (χ0n) is 9.82. The Kier molecular flexibility index (Phi) is 3.22. The van der Waals surface area contributed by atoms with E-state index in [2.05, 4.69) is 11.1 Å². The molecule has 0 fully saturated rings. The maximum absolute atomic E-state index is 11.1.